The number of carbonyl (C=O) groups excluding carboxylic acids is 1. The zero-order valence-corrected chi connectivity index (χ0v) is 11.4. The van der Waals surface area contributed by atoms with Crippen LogP contribution in [-0.4, -0.2) is 33.6 Å². The number of amides is 2. The fourth-order valence-electron chi connectivity index (χ4n) is 1.71. The summed E-state index contributed by atoms with van der Waals surface area (Å²) < 4.78 is 1.70. The lowest BCUT2D eigenvalue weighted by molar-refractivity contribution is 0.163. The smallest absolute Gasteiger partial charge is 0.320 e. The second-order valence-electron chi connectivity index (χ2n) is 4.82. The zero-order chi connectivity index (χ0) is 13.7. The summed E-state index contributed by atoms with van der Waals surface area (Å²) in [6, 6.07) is 1.53. The van der Waals surface area contributed by atoms with E-state index in [4.69, 9.17) is 0 Å². The largest absolute Gasteiger partial charge is 0.393 e. The maximum atomic E-state index is 11.6. The average Bonchev–Trinajstić information content (AvgIpc) is 2.54. The van der Waals surface area contributed by atoms with Gasteiger partial charge in [0.25, 0.3) is 0 Å². The maximum Gasteiger partial charge on any atom is 0.320 e. The Hall–Kier alpha value is -1.56. The Morgan fingerprint density at radius 1 is 1.56 bits per heavy atom. The minimum Gasteiger partial charge on any atom is -0.393 e. The van der Waals surface area contributed by atoms with Crippen molar-refractivity contribution in [1.29, 1.82) is 0 Å². The van der Waals surface area contributed by atoms with Crippen LogP contribution >= 0.6 is 0 Å². The summed E-state index contributed by atoms with van der Waals surface area (Å²) in [4.78, 5) is 11.6. The highest BCUT2D eigenvalue weighted by molar-refractivity contribution is 5.88. The Kier molecular flexibility index (Phi) is 5.15. The number of rotatable bonds is 5. The van der Waals surface area contributed by atoms with Crippen molar-refractivity contribution in [2.45, 2.75) is 33.3 Å². The molecule has 0 aliphatic carbocycles. The monoisotopic (exact) mass is 254 g/mol. The Morgan fingerprint density at radius 3 is 2.72 bits per heavy atom. The molecule has 102 valence electrons. The van der Waals surface area contributed by atoms with E-state index in [0.29, 0.717) is 18.8 Å². The van der Waals surface area contributed by atoms with E-state index in [0.717, 1.165) is 5.69 Å². The number of hydrogen-bond acceptors (Lipinski definition) is 3. The predicted octanol–water partition coefficient (Wildman–Crippen LogP) is 1.26. The van der Waals surface area contributed by atoms with Gasteiger partial charge in [-0.3, -0.25) is 10.00 Å². The van der Waals surface area contributed by atoms with Crippen LogP contribution in [0.25, 0.3) is 0 Å². The number of carbonyl (C=O) groups is 1. The van der Waals surface area contributed by atoms with Crippen LogP contribution in [0.2, 0.25) is 0 Å². The van der Waals surface area contributed by atoms with E-state index in [1.54, 1.807) is 17.7 Å². The summed E-state index contributed by atoms with van der Waals surface area (Å²) in [5.74, 6) is 0.775. The van der Waals surface area contributed by atoms with Crippen LogP contribution in [-0.2, 0) is 7.05 Å². The molecule has 2 unspecified atom stereocenters. The van der Waals surface area contributed by atoms with Gasteiger partial charge in [-0.2, -0.15) is 5.10 Å². The summed E-state index contributed by atoms with van der Waals surface area (Å²) in [6.07, 6.45) is 0.325. The number of anilines is 1. The Morgan fingerprint density at radius 2 is 2.22 bits per heavy atom. The van der Waals surface area contributed by atoms with Gasteiger partial charge in [-0.25, -0.2) is 4.79 Å². The molecule has 6 nitrogen and oxygen atoms in total. The highest BCUT2D eigenvalue weighted by Crippen LogP contribution is 2.07. The topological polar surface area (TPSA) is 79.2 Å². The van der Waals surface area contributed by atoms with Crippen LogP contribution in [0.4, 0.5) is 10.6 Å². The van der Waals surface area contributed by atoms with Gasteiger partial charge in [0.2, 0.25) is 0 Å². The van der Waals surface area contributed by atoms with Gasteiger partial charge >= 0.3 is 6.03 Å². The average molecular weight is 254 g/mol. The second kappa shape index (κ2) is 6.39. The number of aliphatic hydroxyl groups is 1. The van der Waals surface area contributed by atoms with Gasteiger partial charge in [-0.05, 0) is 26.2 Å². The Bertz CT molecular complexity index is 381. The first kappa shape index (κ1) is 14.5. The molecule has 1 aromatic rings. The molecule has 0 saturated carbocycles. The van der Waals surface area contributed by atoms with E-state index >= 15 is 0 Å². The van der Waals surface area contributed by atoms with Gasteiger partial charge in [0.15, 0.2) is 5.82 Å². The molecule has 1 heterocycles. The van der Waals surface area contributed by atoms with Gasteiger partial charge in [0, 0.05) is 25.4 Å². The zero-order valence-electron chi connectivity index (χ0n) is 11.4. The number of nitrogens with one attached hydrogen (secondary N) is 2. The molecule has 0 radical (unpaired) electrons. The fourth-order valence-corrected chi connectivity index (χ4v) is 1.71. The molecule has 0 aliphatic rings. The van der Waals surface area contributed by atoms with E-state index in [-0.39, 0.29) is 18.1 Å². The predicted molar refractivity (Wildman–Crippen MR) is 70.4 cm³/mol. The van der Waals surface area contributed by atoms with Crippen LogP contribution < -0.4 is 10.6 Å². The third kappa shape index (κ3) is 4.75. The molecule has 6 heteroatoms. The Balaban J connectivity index is 2.33. The van der Waals surface area contributed by atoms with Crippen molar-refractivity contribution in [3.05, 3.63) is 11.8 Å². The molecule has 0 aliphatic heterocycles. The molecular formula is C12H22N4O2. The number of aliphatic hydroxyl groups excluding tert-OH is 1. The highest BCUT2D eigenvalue weighted by atomic mass is 16.3. The summed E-state index contributed by atoms with van der Waals surface area (Å²) in [5, 5.41) is 18.8. The van der Waals surface area contributed by atoms with Crippen molar-refractivity contribution in [1.82, 2.24) is 15.1 Å². The quantitative estimate of drug-likeness (QED) is 0.740. The first-order chi connectivity index (χ1) is 8.38. The van der Waals surface area contributed by atoms with Gasteiger partial charge < -0.3 is 10.4 Å². The molecule has 18 heavy (non-hydrogen) atoms. The van der Waals surface area contributed by atoms with E-state index in [2.05, 4.69) is 15.7 Å². The first-order valence-corrected chi connectivity index (χ1v) is 6.12. The highest BCUT2D eigenvalue weighted by Gasteiger charge is 2.09. The molecule has 0 aromatic carbocycles. The lowest BCUT2D eigenvalue weighted by Gasteiger charge is -2.14. The van der Waals surface area contributed by atoms with Crippen molar-refractivity contribution >= 4 is 11.8 Å². The molecule has 0 bridgehead atoms. The molecule has 0 fully saturated rings. The van der Waals surface area contributed by atoms with Crippen LogP contribution in [0.1, 0.15) is 26.0 Å². The number of aryl methyl sites for hydroxylation is 2. The summed E-state index contributed by atoms with van der Waals surface area (Å²) in [7, 11) is 1.82. The third-order valence-electron chi connectivity index (χ3n) is 2.71. The van der Waals surface area contributed by atoms with Gasteiger partial charge in [-0.15, -0.1) is 0 Å². The third-order valence-corrected chi connectivity index (χ3v) is 2.71. The lowest BCUT2D eigenvalue weighted by Crippen LogP contribution is -2.33. The van der Waals surface area contributed by atoms with E-state index in [9.17, 15) is 9.90 Å². The SMILES string of the molecule is Cc1cc(NC(=O)NCC(C)CC(C)O)nn1C. The Labute approximate surface area is 107 Å². The second-order valence-corrected chi connectivity index (χ2v) is 4.82. The molecular weight excluding hydrogens is 232 g/mol. The molecule has 1 rings (SSSR count). The van der Waals surface area contributed by atoms with Crippen LogP contribution in [0.5, 0.6) is 0 Å². The molecule has 3 N–H and O–H groups in total. The van der Waals surface area contributed by atoms with E-state index < -0.39 is 0 Å². The minimum absolute atomic E-state index is 0.237. The molecule has 1 aromatic heterocycles. The van der Waals surface area contributed by atoms with Crippen LogP contribution in [0.15, 0.2) is 6.07 Å². The summed E-state index contributed by atoms with van der Waals surface area (Å²) >= 11 is 0. The fraction of sp³-hybridized carbons (Fsp3) is 0.667. The van der Waals surface area contributed by atoms with Gasteiger partial charge in [0.1, 0.15) is 0 Å². The normalized spacial score (nSPS) is 14.1. The molecule has 0 saturated heterocycles. The van der Waals surface area contributed by atoms with Crippen molar-refractivity contribution in [3.63, 3.8) is 0 Å². The molecule has 2 atom stereocenters. The maximum absolute atomic E-state index is 11.6. The van der Waals surface area contributed by atoms with Crippen molar-refractivity contribution < 1.29 is 9.90 Å². The van der Waals surface area contributed by atoms with E-state index in [1.165, 1.54) is 0 Å². The van der Waals surface area contributed by atoms with Crippen molar-refractivity contribution in [2.24, 2.45) is 13.0 Å². The van der Waals surface area contributed by atoms with Gasteiger partial charge in [0.05, 0.1) is 6.10 Å². The lowest BCUT2D eigenvalue weighted by atomic mass is 10.1. The van der Waals surface area contributed by atoms with Crippen molar-refractivity contribution in [3.8, 4) is 0 Å². The van der Waals surface area contributed by atoms with E-state index in [1.807, 2.05) is 20.9 Å². The van der Waals surface area contributed by atoms with Crippen LogP contribution in [0.3, 0.4) is 0 Å². The summed E-state index contributed by atoms with van der Waals surface area (Å²) in [6.45, 7) is 6.18. The minimum atomic E-state index is -0.344. The molecule has 0 spiro atoms. The number of hydrogen-bond donors (Lipinski definition) is 3. The summed E-state index contributed by atoms with van der Waals surface area (Å²) in [5.41, 5.74) is 0.979. The number of nitrogens with zero attached hydrogens (tertiary/aromatic N) is 2. The molecule has 2 amide bonds. The first-order valence-electron chi connectivity index (χ1n) is 6.12. The van der Waals surface area contributed by atoms with Crippen molar-refractivity contribution in [2.75, 3.05) is 11.9 Å². The van der Waals surface area contributed by atoms with Gasteiger partial charge in [-0.1, -0.05) is 6.92 Å². The standard InChI is InChI=1S/C12H22N4O2/c1-8(5-10(3)17)7-13-12(18)14-11-6-9(2)16(4)15-11/h6,8,10,17H,5,7H2,1-4H3,(H2,13,14,15,18). The van der Waals surface area contributed by atoms with Crippen LogP contribution in [0, 0.1) is 12.8 Å². The number of urea groups is 1. The number of aromatic nitrogens is 2.